The summed E-state index contributed by atoms with van der Waals surface area (Å²) in [5.41, 5.74) is 8.52. The molecule has 1 aromatic carbocycles. The van der Waals surface area contributed by atoms with Gasteiger partial charge in [-0.25, -0.2) is 0 Å². The zero-order chi connectivity index (χ0) is 13.9. The first-order valence-electron chi connectivity index (χ1n) is 5.85. The van der Waals surface area contributed by atoms with Gasteiger partial charge in [0.25, 0.3) is 10.2 Å². The first-order chi connectivity index (χ1) is 8.21. The van der Waals surface area contributed by atoms with E-state index in [-0.39, 0.29) is 5.92 Å². The van der Waals surface area contributed by atoms with E-state index in [0.717, 1.165) is 11.1 Å². The number of hydrogen-bond acceptors (Lipinski definition) is 3. The van der Waals surface area contributed by atoms with E-state index < -0.39 is 10.2 Å². The van der Waals surface area contributed by atoms with E-state index in [0.29, 0.717) is 17.9 Å². The minimum Gasteiger partial charge on any atom is -0.399 e. The number of aryl methyl sites for hydroxylation is 2. The summed E-state index contributed by atoms with van der Waals surface area (Å²) in [5, 5.41) is 0. The molecule has 0 fully saturated rings. The van der Waals surface area contributed by atoms with Crippen LogP contribution in [0.2, 0.25) is 0 Å². The molecule has 0 aliphatic rings. The number of benzene rings is 1. The fourth-order valence-electron chi connectivity index (χ4n) is 1.60. The van der Waals surface area contributed by atoms with Gasteiger partial charge >= 0.3 is 0 Å². The van der Waals surface area contributed by atoms with Crippen molar-refractivity contribution in [2.24, 2.45) is 5.92 Å². The molecule has 0 aliphatic carbocycles. The Balaban J connectivity index is 2.91. The van der Waals surface area contributed by atoms with Gasteiger partial charge in [-0.3, -0.25) is 4.72 Å². The van der Waals surface area contributed by atoms with Gasteiger partial charge in [0.05, 0.1) is 5.69 Å². The minimum absolute atomic E-state index is 0.259. The SMILES string of the molecule is Cc1cc(N)cc(C)c1NS(=O)(=O)NCC(C)C. The van der Waals surface area contributed by atoms with Crippen LogP contribution in [0, 0.1) is 19.8 Å². The molecule has 18 heavy (non-hydrogen) atoms. The Morgan fingerprint density at radius 1 is 1.22 bits per heavy atom. The lowest BCUT2D eigenvalue weighted by atomic mass is 10.1. The Morgan fingerprint density at radius 3 is 2.17 bits per heavy atom. The van der Waals surface area contributed by atoms with Crippen LogP contribution in [0.15, 0.2) is 12.1 Å². The third kappa shape index (κ3) is 4.19. The summed E-state index contributed by atoms with van der Waals surface area (Å²) >= 11 is 0. The van der Waals surface area contributed by atoms with E-state index in [1.807, 2.05) is 27.7 Å². The first kappa shape index (κ1) is 14.8. The van der Waals surface area contributed by atoms with Crippen LogP contribution in [-0.2, 0) is 10.2 Å². The van der Waals surface area contributed by atoms with Crippen LogP contribution >= 0.6 is 0 Å². The van der Waals surface area contributed by atoms with Crippen molar-refractivity contribution < 1.29 is 8.42 Å². The molecule has 0 amide bonds. The highest BCUT2D eigenvalue weighted by molar-refractivity contribution is 7.90. The third-order valence-corrected chi connectivity index (χ3v) is 3.49. The Labute approximate surface area is 109 Å². The number of anilines is 2. The maximum Gasteiger partial charge on any atom is 0.299 e. The molecule has 102 valence electrons. The average molecular weight is 271 g/mol. The second-order valence-electron chi connectivity index (χ2n) is 4.88. The van der Waals surface area contributed by atoms with Crippen molar-refractivity contribution in [3.63, 3.8) is 0 Å². The molecule has 1 aromatic rings. The summed E-state index contributed by atoms with van der Waals surface area (Å²) in [5.74, 6) is 0.259. The van der Waals surface area contributed by atoms with Gasteiger partial charge in [-0.2, -0.15) is 13.1 Å². The van der Waals surface area contributed by atoms with Gasteiger partial charge in [0.1, 0.15) is 0 Å². The highest BCUT2D eigenvalue weighted by atomic mass is 32.2. The fourth-order valence-corrected chi connectivity index (χ4v) is 2.82. The maximum atomic E-state index is 11.8. The maximum absolute atomic E-state index is 11.8. The van der Waals surface area contributed by atoms with E-state index in [4.69, 9.17) is 5.73 Å². The molecular formula is C12H21N3O2S. The van der Waals surface area contributed by atoms with E-state index in [2.05, 4.69) is 9.44 Å². The van der Waals surface area contributed by atoms with Gasteiger partial charge in [0, 0.05) is 12.2 Å². The van der Waals surface area contributed by atoms with Crippen molar-refractivity contribution >= 4 is 21.6 Å². The minimum atomic E-state index is -3.53. The lowest BCUT2D eigenvalue weighted by Gasteiger charge is -2.15. The quantitative estimate of drug-likeness (QED) is 0.714. The molecule has 0 aromatic heterocycles. The van der Waals surface area contributed by atoms with Crippen LogP contribution in [0.25, 0.3) is 0 Å². The van der Waals surface area contributed by atoms with Crippen LogP contribution in [0.5, 0.6) is 0 Å². The summed E-state index contributed by atoms with van der Waals surface area (Å²) < 4.78 is 28.7. The van der Waals surface area contributed by atoms with Gasteiger partial charge in [-0.15, -0.1) is 0 Å². The summed E-state index contributed by atoms with van der Waals surface area (Å²) in [6, 6.07) is 3.49. The van der Waals surface area contributed by atoms with E-state index in [9.17, 15) is 8.42 Å². The highest BCUT2D eigenvalue weighted by Crippen LogP contribution is 2.23. The lowest BCUT2D eigenvalue weighted by Crippen LogP contribution is -2.33. The number of nitrogens with two attached hydrogens (primary N) is 1. The van der Waals surface area contributed by atoms with Crippen molar-refractivity contribution in [3.05, 3.63) is 23.3 Å². The standard InChI is InChI=1S/C12H21N3O2S/c1-8(2)7-14-18(16,17)15-12-9(3)5-11(13)6-10(12)4/h5-6,8,14-15H,7,13H2,1-4H3. The highest BCUT2D eigenvalue weighted by Gasteiger charge is 2.13. The molecule has 0 atom stereocenters. The van der Waals surface area contributed by atoms with Crippen molar-refractivity contribution in [2.75, 3.05) is 17.0 Å². The molecule has 0 spiro atoms. The van der Waals surface area contributed by atoms with E-state index in [1.165, 1.54) is 0 Å². The summed E-state index contributed by atoms with van der Waals surface area (Å²) in [7, 11) is -3.53. The van der Waals surface area contributed by atoms with Crippen LogP contribution in [0.3, 0.4) is 0 Å². The topological polar surface area (TPSA) is 84.2 Å². The van der Waals surface area contributed by atoms with Gasteiger partial charge < -0.3 is 5.73 Å². The fraction of sp³-hybridized carbons (Fsp3) is 0.500. The average Bonchev–Trinajstić information content (AvgIpc) is 2.21. The van der Waals surface area contributed by atoms with Gasteiger partial charge in [0.2, 0.25) is 0 Å². The Morgan fingerprint density at radius 2 is 1.72 bits per heavy atom. The molecule has 5 nitrogen and oxygen atoms in total. The number of nitrogens with one attached hydrogen (secondary N) is 2. The van der Waals surface area contributed by atoms with Crippen LogP contribution in [-0.4, -0.2) is 15.0 Å². The van der Waals surface area contributed by atoms with Crippen molar-refractivity contribution in [1.29, 1.82) is 0 Å². The molecule has 0 saturated carbocycles. The zero-order valence-electron chi connectivity index (χ0n) is 11.2. The smallest absolute Gasteiger partial charge is 0.299 e. The molecule has 0 heterocycles. The summed E-state index contributed by atoms with van der Waals surface area (Å²) in [6.45, 7) is 7.94. The summed E-state index contributed by atoms with van der Waals surface area (Å²) in [4.78, 5) is 0. The predicted octanol–water partition coefficient (Wildman–Crippen LogP) is 1.79. The largest absolute Gasteiger partial charge is 0.399 e. The van der Waals surface area contributed by atoms with Crippen molar-refractivity contribution in [2.45, 2.75) is 27.7 Å². The molecule has 0 radical (unpaired) electrons. The molecule has 0 aliphatic heterocycles. The van der Waals surface area contributed by atoms with Crippen LogP contribution < -0.4 is 15.2 Å². The molecule has 1 rings (SSSR count). The lowest BCUT2D eigenvalue weighted by molar-refractivity contribution is 0.565. The first-order valence-corrected chi connectivity index (χ1v) is 7.33. The molecule has 0 unspecified atom stereocenters. The molecule has 0 bridgehead atoms. The molecular weight excluding hydrogens is 250 g/mol. The normalized spacial score (nSPS) is 11.8. The zero-order valence-corrected chi connectivity index (χ0v) is 12.1. The number of rotatable bonds is 5. The van der Waals surface area contributed by atoms with Crippen LogP contribution in [0.4, 0.5) is 11.4 Å². The van der Waals surface area contributed by atoms with E-state index >= 15 is 0 Å². The second kappa shape index (κ2) is 5.58. The monoisotopic (exact) mass is 271 g/mol. The Bertz CT molecular complexity index is 501. The Kier molecular flexibility index (Phi) is 4.59. The van der Waals surface area contributed by atoms with E-state index in [1.54, 1.807) is 12.1 Å². The molecule has 4 N–H and O–H groups in total. The third-order valence-electron chi connectivity index (χ3n) is 2.47. The number of nitrogen functional groups attached to an aromatic ring is 1. The summed E-state index contributed by atoms with van der Waals surface area (Å²) in [6.07, 6.45) is 0. The van der Waals surface area contributed by atoms with Gasteiger partial charge in [-0.1, -0.05) is 13.8 Å². The molecule has 6 heteroatoms. The second-order valence-corrected chi connectivity index (χ2v) is 6.38. The number of hydrogen-bond donors (Lipinski definition) is 3. The van der Waals surface area contributed by atoms with Gasteiger partial charge in [0.15, 0.2) is 0 Å². The van der Waals surface area contributed by atoms with Crippen molar-refractivity contribution in [3.8, 4) is 0 Å². The van der Waals surface area contributed by atoms with Crippen molar-refractivity contribution in [1.82, 2.24) is 4.72 Å². The molecule has 0 saturated heterocycles. The van der Waals surface area contributed by atoms with Crippen LogP contribution in [0.1, 0.15) is 25.0 Å². The predicted molar refractivity (Wildman–Crippen MR) is 75.7 cm³/mol. The van der Waals surface area contributed by atoms with Gasteiger partial charge in [-0.05, 0) is 43.0 Å². The Hall–Kier alpha value is -1.27.